The lowest BCUT2D eigenvalue weighted by Crippen LogP contribution is -2.46. The largest absolute Gasteiger partial charge is 0.383 e. The Morgan fingerprint density at radius 3 is 2.37 bits per heavy atom. The van der Waals surface area contributed by atoms with E-state index >= 15 is 0 Å². The Bertz CT molecular complexity index is 1070. The van der Waals surface area contributed by atoms with Crippen LogP contribution < -0.4 is 10.6 Å². The third-order valence-corrected chi connectivity index (χ3v) is 7.67. The predicted molar refractivity (Wildman–Crippen MR) is 160 cm³/mol. The van der Waals surface area contributed by atoms with Gasteiger partial charge in [0.05, 0.1) is 6.61 Å². The number of carbonyl (C=O) groups excluding carboxylic acids is 1. The average Bonchev–Trinajstić information content (AvgIpc) is 2.94. The summed E-state index contributed by atoms with van der Waals surface area (Å²) in [5.41, 5.74) is 6.38. The summed E-state index contributed by atoms with van der Waals surface area (Å²) in [6, 6.07) is 14.6. The average molecular weight is 516 g/mol. The van der Waals surface area contributed by atoms with E-state index < -0.39 is 0 Å². The molecule has 1 saturated carbocycles. The van der Waals surface area contributed by atoms with Crippen LogP contribution in [0.4, 0.5) is 10.5 Å². The zero-order valence-electron chi connectivity index (χ0n) is 23.5. The van der Waals surface area contributed by atoms with Gasteiger partial charge in [-0.05, 0) is 80.3 Å². The summed E-state index contributed by atoms with van der Waals surface area (Å²) in [5, 5.41) is 6.06. The van der Waals surface area contributed by atoms with Crippen LogP contribution in [0.5, 0.6) is 0 Å². The molecule has 2 fully saturated rings. The number of hydrogen-bond donors (Lipinski definition) is 2. The van der Waals surface area contributed by atoms with Crippen LogP contribution >= 0.6 is 0 Å². The molecule has 0 atom stereocenters. The SMILES string of the molecule is C#Cc1ccc(C2CCCCC2)cc1.C=C(C)c1ccc(C)c(NC(=O)NC2CCN(CCOC)CC2)c1. The van der Waals surface area contributed by atoms with Crippen molar-refractivity contribution in [1.29, 1.82) is 0 Å². The number of carbonyl (C=O) groups is 1. The maximum Gasteiger partial charge on any atom is 0.319 e. The van der Waals surface area contributed by atoms with Gasteiger partial charge in [0.1, 0.15) is 0 Å². The number of anilines is 1. The molecular formula is C33H45N3O2. The number of likely N-dealkylation sites (tertiary alicyclic amines) is 1. The molecule has 4 rings (SSSR count). The van der Waals surface area contributed by atoms with Gasteiger partial charge < -0.3 is 20.3 Å². The van der Waals surface area contributed by atoms with Crippen LogP contribution in [0, 0.1) is 19.3 Å². The number of hydrogen-bond acceptors (Lipinski definition) is 3. The number of amides is 2. The van der Waals surface area contributed by atoms with E-state index in [0.29, 0.717) is 0 Å². The van der Waals surface area contributed by atoms with E-state index in [4.69, 9.17) is 11.2 Å². The van der Waals surface area contributed by atoms with Crippen molar-refractivity contribution in [3.05, 3.63) is 71.3 Å². The highest BCUT2D eigenvalue weighted by Crippen LogP contribution is 2.32. The number of benzene rings is 2. The number of ether oxygens (including phenoxy) is 1. The summed E-state index contributed by atoms with van der Waals surface area (Å²) in [7, 11) is 1.73. The van der Waals surface area contributed by atoms with Gasteiger partial charge in [0, 0.05) is 44.0 Å². The summed E-state index contributed by atoms with van der Waals surface area (Å²) in [4.78, 5) is 14.7. The topological polar surface area (TPSA) is 53.6 Å². The lowest BCUT2D eigenvalue weighted by atomic mass is 9.84. The minimum atomic E-state index is -0.132. The van der Waals surface area contributed by atoms with E-state index in [0.717, 1.165) is 73.0 Å². The van der Waals surface area contributed by atoms with E-state index in [-0.39, 0.29) is 12.1 Å². The summed E-state index contributed by atoms with van der Waals surface area (Å²) >= 11 is 0. The van der Waals surface area contributed by atoms with Gasteiger partial charge in [-0.2, -0.15) is 0 Å². The van der Waals surface area contributed by atoms with Crippen molar-refractivity contribution in [2.24, 2.45) is 0 Å². The van der Waals surface area contributed by atoms with E-state index in [2.05, 4.69) is 52.3 Å². The molecule has 1 aliphatic heterocycles. The first-order valence-corrected chi connectivity index (χ1v) is 14.0. The van der Waals surface area contributed by atoms with Gasteiger partial charge in [-0.3, -0.25) is 0 Å². The third kappa shape index (κ3) is 9.35. The highest BCUT2D eigenvalue weighted by atomic mass is 16.5. The fourth-order valence-electron chi connectivity index (χ4n) is 5.17. The summed E-state index contributed by atoms with van der Waals surface area (Å²) in [5.74, 6) is 3.44. The quantitative estimate of drug-likeness (QED) is 0.391. The Morgan fingerprint density at radius 2 is 1.76 bits per heavy atom. The van der Waals surface area contributed by atoms with Gasteiger partial charge in [-0.15, -0.1) is 6.42 Å². The molecule has 2 aromatic rings. The van der Waals surface area contributed by atoms with Gasteiger partial charge in [-0.25, -0.2) is 4.79 Å². The van der Waals surface area contributed by atoms with E-state index in [1.54, 1.807) is 7.11 Å². The number of aryl methyl sites for hydroxylation is 1. The molecule has 1 saturated heterocycles. The molecular weight excluding hydrogens is 470 g/mol. The second-order valence-electron chi connectivity index (χ2n) is 10.6. The van der Waals surface area contributed by atoms with Crippen molar-refractivity contribution in [1.82, 2.24) is 10.2 Å². The maximum atomic E-state index is 12.3. The smallest absolute Gasteiger partial charge is 0.319 e. The van der Waals surface area contributed by atoms with Crippen LogP contribution in [0.1, 0.15) is 80.0 Å². The highest BCUT2D eigenvalue weighted by Gasteiger charge is 2.20. The lowest BCUT2D eigenvalue weighted by Gasteiger charge is -2.32. The monoisotopic (exact) mass is 515 g/mol. The molecule has 5 nitrogen and oxygen atoms in total. The maximum absolute atomic E-state index is 12.3. The zero-order chi connectivity index (χ0) is 27.3. The predicted octanol–water partition coefficient (Wildman–Crippen LogP) is 6.98. The molecule has 0 unspecified atom stereocenters. The molecule has 0 radical (unpaired) electrons. The molecule has 2 aromatic carbocycles. The molecule has 2 amide bonds. The second kappa shape index (κ2) is 15.4. The van der Waals surface area contributed by atoms with Crippen molar-refractivity contribution in [3.63, 3.8) is 0 Å². The van der Waals surface area contributed by atoms with E-state index in [9.17, 15) is 4.79 Å². The molecule has 0 spiro atoms. The van der Waals surface area contributed by atoms with Gasteiger partial charge in [0.25, 0.3) is 0 Å². The molecule has 1 heterocycles. The normalized spacial score (nSPS) is 16.6. The van der Waals surface area contributed by atoms with E-state index in [1.165, 1.54) is 37.7 Å². The van der Waals surface area contributed by atoms with Crippen molar-refractivity contribution in [2.75, 3.05) is 38.7 Å². The second-order valence-corrected chi connectivity index (χ2v) is 10.6. The molecule has 2 N–H and O–H groups in total. The highest BCUT2D eigenvalue weighted by molar-refractivity contribution is 5.91. The fourth-order valence-corrected chi connectivity index (χ4v) is 5.17. The number of piperidine rings is 1. The summed E-state index contributed by atoms with van der Waals surface area (Å²) in [6.07, 6.45) is 14.2. The molecule has 1 aliphatic carbocycles. The van der Waals surface area contributed by atoms with E-state index in [1.807, 2.05) is 32.0 Å². The third-order valence-electron chi connectivity index (χ3n) is 7.67. The Hall–Kier alpha value is -3.07. The van der Waals surface area contributed by atoms with Crippen LogP contribution in [-0.2, 0) is 4.74 Å². The number of allylic oxidation sites excluding steroid dienone is 1. The number of nitrogens with one attached hydrogen (secondary N) is 2. The first kappa shape index (κ1) is 29.5. The summed E-state index contributed by atoms with van der Waals surface area (Å²) in [6.45, 7) is 11.6. The van der Waals surface area contributed by atoms with Crippen LogP contribution in [-0.4, -0.2) is 50.3 Å². The lowest BCUT2D eigenvalue weighted by molar-refractivity contribution is 0.127. The Morgan fingerprint density at radius 1 is 1.08 bits per heavy atom. The number of nitrogens with zero attached hydrogens (tertiary/aromatic N) is 1. The zero-order valence-corrected chi connectivity index (χ0v) is 23.5. The fraction of sp³-hybridized carbons (Fsp3) is 0.485. The van der Waals surface area contributed by atoms with Crippen molar-refractivity contribution in [2.45, 2.75) is 70.8 Å². The van der Waals surface area contributed by atoms with Gasteiger partial charge in [0.15, 0.2) is 0 Å². The van der Waals surface area contributed by atoms with Crippen LogP contribution in [0.15, 0.2) is 49.0 Å². The van der Waals surface area contributed by atoms with Crippen molar-refractivity contribution >= 4 is 17.3 Å². The molecule has 204 valence electrons. The Labute approximate surface area is 230 Å². The summed E-state index contributed by atoms with van der Waals surface area (Å²) < 4.78 is 5.11. The Balaban J connectivity index is 0.000000241. The minimum absolute atomic E-state index is 0.132. The van der Waals surface area contributed by atoms with Gasteiger partial charge in [-0.1, -0.05) is 61.6 Å². The van der Waals surface area contributed by atoms with Gasteiger partial charge in [0.2, 0.25) is 0 Å². The number of urea groups is 1. The molecule has 0 bridgehead atoms. The molecule has 5 heteroatoms. The molecule has 38 heavy (non-hydrogen) atoms. The first-order chi connectivity index (χ1) is 18.4. The van der Waals surface area contributed by atoms with Crippen LogP contribution in [0.2, 0.25) is 0 Å². The van der Waals surface area contributed by atoms with Crippen molar-refractivity contribution in [3.8, 4) is 12.3 Å². The molecule has 2 aliphatic rings. The minimum Gasteiger partial charge on any atom is -0.383 e. The Kier molecular flexibility index (Phi) is 11.9. The van der Waals surface area contributed by atoms with Crippen LogP contribution in [0.25, 0.3) is 5.57 Å². The number of methoxy groups -OCH3 is 1. The van der Waals surface area contributed by atoms with Crippen molar-refractivity contribution < 1.29 is 9.53 Å². The molecule has 0 aromatic heterocycles. The standard InChI is InChI=1S/C19H29N3O2.C14H16/c1-14(2)16-6-5-15(3)18(13-16)21-19(23)20-17-7-9-22(10-8-17)11-12-24-4;1-2-12-8-10-14(11-9-12)13-6-4-3-5-7-13/h5-6,13,17H,1,7-12H2,2-4H3,(H2,20,21,23);1,8-11,13H,3-7H2. The first-order valence-electron chi connectivity index (χ1n) is 14.0. The number of terminal acetylenes is 1. The van der Waals surface area contributed by atoms with Crippen LogP contribution in [0.3, 0.4) is 0 Å². The number of rotatable bonds is 7. The van der Waals surface area contributed by atoms with Gasteiger partial charge >= 0.3 is 6.03 Å².